The molecule has 1 atom stereocenters. The standard InChI is InChI=1S/C15H12ClFN4O/c16-10-3-1-2-9(4-10)13-5-11(17)6-14-15(13)20-12(8-22-14)7-19-21-18/h1-6,12,20H,7-8H2. The summed E-state index contributed by atoms with van der Waals surface area (Å²) in [7, 11) is 0. The fourth-order valence-electron chi connectivity index (χ4n) is 2.40. The normalized spacial score (nSPS) is 16.0. The Balaban J connectivity index is 2.04. The van der Waals surface area contributed by atoms with E-state index in [-0.39, 0.29) is 18.4 Å². The number of hydrogen-bond acceptors (Lipinski definition) is 3. The van der Waals surface area contributed by atoms with Gasteiger partial charge in [-0.25, -0.2) is 4.39 Å². The van der Waals surface area contributed by atoms with E-state index in [4.69, 9.17) is 21.9 Å². The molecule has 2 aromatic carbocycles. The zero-order chi connectivity index (χ0) is 15.5. The van der Waals surface area contributed by atoms with Crippen molar-refractivity contribution >= 4 is 17.3 Å². The van der Waals surface area contributed by atoms with Crippen LogP contribution in [0.2, 0.25) is 5.02 Å². The SMILES string of the molecule is [N-]=[N+]=NCC1COc2cc(F)cc(-c3cccc(Cl)c3)c2N1. The predicted molar refractivity (Wildman–Crippen MR) is 83.8 cm³/mol. The van der Waals surface area contributed by atoms with Crippen molar-refractivity contribution in [3.63, 3.8) is 0 Å². The fourth-order valence-corrected chi connectivity index (χ4v) is 2.59. The zero-order valence-corrected chi connectivity index (χ0v) is 12.2. The predicted octanol–water partition coefficient (Wildman–Crippen LogP) is 4.63. The Morgan fingerprint density at radius 3 is 3.05 bits per heavy atom. The Hall–Kier alpha value is -2.43. The molecule has 0 aliphatic carbocycles. The average Bonchev–Trinajstić information content (AvgIpc) is 2.52. The number of nitrogens with zero attached hydrogens (tertiary/aromatic N) is 3. The van der Waals surface area contributed by atoms with Gasteiger partial charge in [0, 0.05) is 28.1 Å². The lowest BCUT2D eigenvalue weighted by Gasteiger charge is -2.28. The molecule has 0 saturated carbocycles. The van der Waals surface area contributed by atoms with Crippen LogP contribution in [-0.2, 0) is 0 Å². The Labute approximate surface area is 131 Å². The van der Waals surface area contributed by atoms with E-state index >= 15 is 0 Å². The van der Waals surface area contributed by atoms with E-state index in [0.717, 1.165) is 5.56 Å². The molecule has 0 spiro atoms. The molecule has 1 unspecified atom stereocenters. The summed E-state index contributed by atoms with van der Waals surface area (Å²) in [4.78, 5) is 2.74. The fraction of sp³-hybridized carbons (Fsp3) is 0.200. The van der Waals surface area contributed by atoms with Crippen LogP contribution in [0, 0.1) is 5.82 Å². The van der Waals surface area contributed by atoms with Crippen LogP contribution in [0.1, 0.15) is 0 Å². The Morgan fingerprint density at radius 1 is 1.41 bits per heavy atom. The molecule has 2 aromatic rings. The van der Waals surface area contributed by atoms with Crippen molar-refractivity contribution < 1.29 is 9.13 Å². The van der Waals surface area contributed by atoms with E-state index in [9.17, 15) is 4.39 Å². The molecule has 5 nitrogen and oxygen atoms in total. The first-order valence-electron chi connectivity index (χ1n) is 6.67. The van der Waals surface area contributed by atoms with E-state index in [1.165, 1.54) is 12.1 Å². The third kappa shape index (κ3) is 2.93. The second kappa shape index (κ2) is 6.13. The number of nitrogens with one attached hydrogen (secondary N) is 1. The smallest absolute Gasteiger partial charge is 0.146 e. The van der Waals surface area contributed by atoms with Gasteiger partial charge in [-0.15, -0.1) is 0 Å². The van der Waals surface area contributed by atoms with Crippen LogP contribution < -0.4 is 10.1 Å². The van der Waals surface area contributed by atoms with Gasteiger partial charge in [0.15, 0.2) is 0 Å². The molecule has 1 N–H and O–H groups in total. The van der Waals surface area contributed by atoms with Crippen LogP contribution in [-0.4, -0.2) is 19.2 Å². The van der Waals surface area contributed by atoms with Crippen LogP contribution in [0.15, 0.2) is 41.5 Å². The quantitative estimate of drug-likeness (QED) is 0.509. The van der Waals surface area contributed by atoms with Crippen LogP contribution in [0.5, 0.6) is 5.75 Å². The van der Waals surface area contributed by atoms with Gasteiger partial charge in [0.1, 0.15) is 18.2 Å². The van der Waals surface area contributed by atoms with Crippen molar-refractivity contribution in [2.75, 3.05) is 18.5 Å². The van der Waals surface area contributed by atoms with Gasteiger partial charge in [-0.1, -0.05) is 28.8 Å². The summed E-state index contributed by atoms with van der Waals surface area (Å²) < 4.78 is 19.4. The summed E-state index contributed by atoms with van der Waals surface area (Å²) in [5, 5.41) is 7.36. The second-order valence-corrected chi connectivity index (χ2v) is 5.34. The summed E-state index contributed by atoms with van der Waals surface area (Å²) in [6.07, 6.45) is 0. The number of ether oxygens (including phenoxy) is 1. The lowest BCUT2D eigenvalue weighted by Crippen LogP contribution is -2.34. The maximum atomic E-state index is 13.8. The van der Waals surface area contributed by atoms with Crippen LogP contribution in [0.25, 0.3) is 21.6 Å². The number of benzene rings is 2. The van der Waals surface area contributed by atoms with Gasteiger partial charge in [-0.2, -0.15) is 0 Å². The van der Waals surface area contributed by atoms with Gasteiger partial charge in [-0.3, -0.25) is 0 Å². The highest BCUT2D eigenvalue weighted by Gasteiger charge is 2.23. The van der Waals surface area contributed by atoms with Crippen LogP contribution in [0.4, 0.5) is 10.1 Å². The highest BCUT2D eigenvalue weighted by Crippen LogP contribution is 2.40. The molecule has 0 bridgehead atoms. The van der Waals surface area contributed by atoms with Gasteiger partial charge in [-0.05, 0) is 29.3 Å². The van der Waals surface area contributed by atoms with E-state index in [0.29, 0.717) is 28.6 Å². The lowest BCUT2D eigenvalue weighted by molar-refractivity contribution is 0.285. The monoisotopic (exact) mass is 318 g/mol. The first kappa shape index (κ1) is 14.5. The maximum Gasteiger partial charge on any atom is 0.146 e. The number of azide groups is 1. The lowest BCUT2D eigenvalue weighted by atomic mass is 10.0. The minimum absolute atomic E-state index is 0.160. The van der Waals surface area contributed by atoms with Crippen molar-refractivity contribution in [1.29, 1.82) is 0 Å². The van der Waals surface area contributed by atoms with Gasteiger partial charge in [0.05, 0.1) is 11.7 Å². The van der Waals surface area contributed by atoms with Gasteiger partial charge in [0.2, 0.25) is 0 Å². The minimum atomic E-state index is -0.385. The molecule has 0 radical (unpaired) electrons. The number of fused-ring (bicyclic) bond motifs is 1. The van der Waals surface area contributed by atoms with Gasteiger partial charge < -0.3 is 10.1 Å². The molecule has 1 heterocycles. The summed E-state index contributed by atoms with van der Waals surface area (Å²) in [6.45, 7) is 0.562. The Bertz CT molecular complexity index is 761. The highest BCUT2D eigenvalue weighted by atomic mass is 35.5. The molecular formula is C15H12ClFN4O. The number of anilines is 1. The molecule has 3 rings (SSSR count). The third-order valence-corrected chi connectivity index (χ3v) is 3.59. The van der Waals surface area contributed by atoms with Crippen molar-refractivity contribution in [2.45, 2.75) is 6.04 Å². The molecule has 1 aliphatic heterocycles. The molecule has 0 fully saturated rings. The number of rotatable bonds is 3. The molecule has 0 amide bonds. The molecule has 7 heteroatoms. The second-order valence-electron chi connectivity index (χ2n) is 4.90. The van der Waals surface area contributed by atoms with Gasteiger partial charge >= 0.3 is 0 Å². The summed E-state index contributed by atoms with van der Waals surface area (Å²) >= 11 is 6.01. The molecule has 1 aliphatic rings. The largest absolute Gasteiger partial charge is 0.489 e. The highest BCUT2D eigenvalue weighted by molar-refractivity contribution is 6.30. The summed E-state index contributed by atoms with van der Waals surface area (Å²) in [5.41, 5.74) is 10.5. The third-order valence-electron chi connectivity index (χ3n) is 3.36. The van der Waals surface area contributed by atoms with E-state index in [2.05, 4.69) is 15.3 Å². The van der Waals surface area contributed by atoms with Crippen molar-refractivity contribution in [3.8, 4) is 16.9 Å². The first-order valence-corrected chi connectivity index (χ1v) is 7.05. The van der Waals surface area contributed by atoms with Gasteiger partial charge in [0.25, 0.3) is 0 Å². The molecule has 22 heavy (non-hydrogen) atoms. The Morgan fingerprint density at radius 2 is 2.27 bits per heavy atom. The van der Waals surface area contributed by atoms with Crippen molar-refractivity contribution in [2.24, 2.45) is 5.11 Å². The molecule has 0 saturated heterocycles. The van der Waals surface area contributed by atoms with E-state index in [1.54, 1.807) is 18.2 Å². The maximum absolute atomic E-state index is 13.8. The van der Waals surface area contributed by atoms with Crippen LogP contribution in [0.3, 0.4) is 0 Å². The average molecular weight is 319 g/mol. The number of hydrogen-bond donors (Lipinski definition) is 1. The molecule has 0 aromatic heterocycles. The summed E-state index contributed by atoms with van der Waals surface area (Å²) in [6, 6.07) is 9.76. The van der Waals surface area contributed by atoms with Crippen LogP contribution >= 0.6 is 11.6 Å². The Kier molecular flexibility index (Phi) is 4.04. The minimum Gasteiger partial charge on any atom is -0.489 e. The molecule has 112 valence electrons. The van der Waals surface area contributed by atoms with E-state index in [1.807, 2.05) is 6.07 Å². The number of halogens is 2. The topological polar surface area (TPSA) is 70.0 Å². The van der Waals surface area contributed by atoms with Crippen molar-refractivity contribution in [1.82, 2.24) is 0 Å². The summed E-state index contributed by atoms with van der Waals surface area (Å²) in [5.74, 6) is 0.0520. The van der Waals surface area contributed by atoms with Crippen molar-refractivity contribution in [3.05, 3.63) is 57.7 Å². The zero-order valence-electron chi connectivity index (χ0n) is 11.5. The first-order chi connectivity index (χ1) is 10.7. The van der Waals surface area contributed by atoms with E-state index < -0.39 is 0 Å². The molecular weight excluding hydrogens is 307 g/mol.